The molecular weight excluding hydrogens is 394 g/mol. The van der Waals surface area contributed by atoms with Gasteiger partial charge < -0.3 is 14.8 Å². The van der Waals surface area contributed by atoms with Gasteiger partial charge in [0.25, 0.3) is 0 Å². The number of rotatable bonds is 10. The first-order valence-corrected chi connectivity index (χ1v) is 10.5. The van der Waals surface area contributed by atoms with Gasteiger partial charge in [-0.25, -0.2) is 13.6 Å². The number of hydrogen-bond acceptors (Lipinski definition) is 6. The molecule has 1 amide bonds. The van der Waals surface area contributed by atoms with Crippen LogP contribution in [0, 0.1) is 11.3 Å². The van der Waals surface area contributed by atoms with Crippen molar-refractivity contribution in [1.29, 1.82) is 5.26 Å². The summed E-state index contributed by atoms with van der Waals surface area (Å²) < 4.78 is 33.2. The lowest BCUT2D eigenvalue weighted by Crippen LogP contribution is -2.25. The van der Waals surface area contributed by atoms with Crippen molar-refractivity contribution in [3.05, 3.63) is 53.6 Å². The first-order valence-electron chi connectivity index (χ1n) is 8.93. The molecule has 0 aromatic heterocycles. The predicted molar refractivity (Wildman–Crippen MR) is 107 cm³/mol. The zero-order valence-corrected chi connectivity index (χ0v) is 16.9. The summed E-state index contributed by atoms with van der Waals surface area (Å²) in [7, 11) is -2.20. The number of sulfonamides is 1. The highest BCUT2D eigenvalue weighted by Gasteiger charge is 2.08. The van der Waals surface area contributed by atoms with Crippen molar-refractivity contribution >= 4 is 15.9 Å². The van der Waals surface area contributed by atoms with E-state index in [1.54, 1.807) is 30.3 Å². The average Bonchev–Trinajstić information content (AvgIpc) is 2.71. The summed E-state index contributed by atoms with van der Waals surface area (Å²) in [6.07, 6.45) is 1.41. The Morgan fingerprint density at radius 3 is 2.52 bits per heavy atom. The van der Waals surface area contributed by atoms with E-state index in [0.717, 1.165) is 5.56 Å². The van der Waals surface area contributed by atoms with Crippen LogP contribution in [0.2, 0.25) is 0 Å². The molecule has 2 aromatic carbocycles. The van der Waals surface area contributed by atoms with Gasteiger partial charge in [-0.1, -0.05) is 12.1 Å². The van der Waals surface area contributed by atoms with E-state index < -0.39 is 10.0 Å². The molecule has 2 rings (SSSR count). The first kappa shape index (κ1) is 22.2. The molecule has 154 valence electrons. The van der Waals surface area contributed by atoms with Gasteiger partial charge in [0, 0.05) is 19.0 Å². The van der Waals surface area contributed by atoms with Gasteiger partial charge >= 0.3 is 0 Å². The molecule has 9 heteroatoms. The fraction of sp³-hybridized carbons (Fsp3) is 0.300. The number of nitriles is 1. The molecule has 0 fully saturated rings. The summed E-state index contributed by atoms with van der Waals surface area (Å²) in [4.78, 5) is 12.0. The van der Waals surface area contributed by atoms with Gasteiger partial charge in [0.2, 0.25) is 15.9 Å². The Morgan fingerprint density at radius 1 is 1.17 bits per heavy atom. The number of nitrogens with two attached hydrogens (primary N) is 1. The van der Waals surface area contributed by atoms with Crippen LogP contribution in [0.3, 0.4) is 0 Å². The number of benzene rings is 2. The molecule has 0 saturated carbocycles. The van der Waals surface area contributed by atoms with Gasteiger partial charge in [0.15, 0.2) is 11.5 Å². The quantitative estimate of drug-likeness (QED) is 0.566. The minimum absolute atomic E-state index is 0.0594. The number of hydrogen-bond donors (Lipinski definition) is 2. The lowest BCUT2D eigenvalue weighted by atomic mass is 10.1. The van der Waals surface area contributed by atoms with Gasteiger partial charge in [-0.05, 0) is 42.7 Å². The molecule has 8 nitrogen and oxygen atoms in total. The molecule has 0 radical (unpaired) electrons. The van der Waals surface area contributed by atoms with Gasteiger partial charge in [0.1, 0.15) is 0 Å². The van der Waals surface area contributed by atoms with E-state index in [1.165, 1.54) is 19.2 Å². The summed E-state index contributed by atoms with van der Waals surface area (Å²) in [5.41, 5.74) is 1.38. The molecule has 0 heterocycles. The molecule has 29 heavy (non-hydrogen) atoms. The Morgan fingerprint density at radius 2 is 1.90 bits per heavy atom. The second-order valence-corrected chi connectivity index (χ2v) is 7.78. The standard InChI is InChI=1S/C20H23N3O5S/c1-27-19-13-16(14-21)6-9-18(19)28-12-2-3-20(24)23-11-10-15-4-7-17(8-5-15)29(22,25)26/h4-9,13H,2-3,10-12H2,1H3,(H,23,24)(H2,22,25,26). The van der Waals surface area contributed by atoms with Gasteiger partial charge in [-0.15, -0.1) is 0 Å². The van der Waals surface area contributed by atoms with Crippen molar-refractivity contribution in [2.75, 3.05) is 20.3 Å². The number of nitrogens with one attached hydrogen (secondary N) is 1. The average molecular weight is 417 g/mol. The molecule has 3 N–H and O–H groups in total. The number of primary sulfonamides is 1. The van der Waals surface area contributed by atoms with E-state index in [2.05, 4.69) is 5.32 Å². The Bertz CT molecular complexity index is 982. The van der Waals surface area contributed by atoms with Crippen LogP contribution in [0.4, 0.5) is 0 Å². The molecular formula is C20H23N3O5S. The number of carbonyl (C=O) groups is 1. The summed E-state index contributed by atoms with van der Waals surface area (Å²) >= 11 is 0. The van der Waals surface area contributed by atoms with Crippen LogP contribution in [0.15, 0.2) is 47.4 Å². The van der Waals surface area contributed by atoms with Crippen LogP contribution < -0.4 is 19.9 Å². The molecule has 0 spiro atoms. The van der Waals surface area contributed by atoms with Crippen LogP contribution in [0.5, 0.6) is 11.5 Å². The van der Waals surface area contributed by atoms with Crippen LogP contribution >= 0.6 is 0 Å². The fourth-order valence-electron chi connectivity index (χ4n) is 2.55. The summed E-state index contributed by atoms with van der Waals surface area (Å²) in [6, 6.07) is 13.2. The summed E-state index contributed by atoms with van der Waals surface area (Å²) in [6.45, 7) is 0.780. The monoisotopic (exact) mass is 417 g/mol. The number of carbonyl (C=O) groups excluding carboxylic acids is 1. The first-order chi connectivity index (χ1) is 13.8. The Hall–Kier alpha value is -3.09. The second-order valence-electron chi connectivity index (χ2n) is 6.22. The third-order valence-corrected chi connectivity index (χ3v) is 5.02. The van der Waals surface area contributed by atoms with Crippen LogP contribution in [0.1, 0.15) is 24.0 Å². The van der Waals surface area contributed by atoms with Gasteiger partial charge in [-0.2, -0.15) is 5.26 Å². The highest BCUT2D eigenvalue weighted by atomic mass is 32.2. The lowest BCUT2D eigenvalue weighted by molar-refractivity contribution is -0.121. The number of nitrogens with zero attached hydrogens (tertiary/aromatic N) is 1. The van der Waals surface area contributed by atoms with Crippen molar-refractivity contribution < 1.29 is 22.7 Å². The van der Waals surface area contributed by atoms with E-state index in [0.29, 0.717) is 49.5 Å². The van der Waals surface area contributed by atoms with E-state index >= 15 is 0 Å². The molecule has 0 bridgehead atoms. The van der Waals surface area contributed by atoms with Crippen LogP contribution in [-0.2, 0) is 21.2 Å². The third-order valence-electron chi connectivity index (χ3n) is 4.09. The predicted octanol–water partition coefficient (Wildman–Crippen LogP) is 1.73. The number of ether oxygens (including phenoxy) is 2. The molecule has 0 aliphatic heterocycles. The fourth-order valence-corrected chi connectivity index (χ4v) is 3.07. The highest BCUT2D eigenvalue weighted by molar-refractivity contribution is 7.89. The molecule has 0 atom stereocenters. The maximum Gasteiger partial charge on any atom is 0.238 e. The molecule has 0 aliphatic carbocycles. The van der Waals surface area contributed by atoms with E-state index in [-0.39, 0.29) is 10.8 Å². The van der Waals surface area contributed by atoms with Crippen molar-refractivity contribution in [2.24, 2.45) is 5.14 Å². The SMILES string of the molecule is COc1cc(C#N)ccc1OCCCC(=O)NCCc1ccc(S(N)(=O)=O)cc1. The zero-order chi connectivity index (χ0) is 21.3. The minimum atomic E-state index is -3.70. The van der Waals surface area contributed by atoms with Crippen LogP contribution in [-0.4, -0.2) is 34.6 Å². The highest BCUT2D eigenvalue weighted by Crippen LogP contribution is 2.27. The smallest absolute Gasteiger partial charge is 0.238 e. The van der Waals surface area contributed by atoms with Crippen molar-refractivity contribution in [3.8, 4) is 17.6 Å². The third kappa shape index (κ3) is 7.10. The maximum absolute atomic E-state index is 11.9. The Kier molecular flexibility index (Phi) is 8.00. The number of methoxy groups -OCH3 is 1. The largest absolute Gasteiger partial charge is 0.493 e. The number of amides is 1. The normalized spacial score (nSPS) is 10.8. The van der Waals surface area contributed by atoms with Crippen molar-refractivity contribution in [3.63, 3.8) is 0 Å². The Labute approximate surface area is 170 Å². The summed E-state index contributed by atoms with van der Waals surface area (Å²) in [5, 5.41) is 16.8. The van der Waals surface area contributed by atoms with Gasteiger partial charge in [0.05, 0.1) is 30.2 Å². The van der Waals surface area contributed by atoms with Crippen molar-refractivity contribution in [2.45, 2.75) is 24.2 Å². The molecule has 0 aliphatic rings. The van der Waals surface area contributed by atoms with Gasteiger partial charge in [-0.3, -0.25) is 4.79 Å². The minimum Gasteiger partial charge on any atom is -0.493 e. The molecule has 2 aromatic rings. The Balaban J connectivity index is 1.68. The maximum atomic E-state index is 11.9. The molecule has 0 saturated heterocycles. The van der Waals surface area contributed by atoms with Crippen molar-refractivity contribution in [1.82, 2.24) is 5.32 Å². The van der Waals surface area contributed by atoms with E-state index in [1.807, 2.05) is 6.07 Å². The second kappa shape index (κ2) is 10.5. The van der Waals surface area contributed by atoms with E-state index in [4.69, 9.17) is 19.9 Å². The lowest BCUT2D eigenvalue weighted by Gasteiger charge is -2.11. The summed E-state index contributed by atoms with van der Waals surface area (Å²) in [5.74, 6) is 0.901. The zero-order valence-electron chi connectivity index (χ0n) is 16.1. The van der Waals surface area contributed by atoms with E-state index in [9.17, 15) is 13.2 Å². The topological polar surface area (TPSA) is 132 Å². The van der Waals surface area contributed by atoms with Crippen LogP contribution in [0.25, 0.3) is 0 Å². The molecule has 0 unspecified atom stereocenters.